The summed E-state index contributed by atoms with van der Waals surface area (Å²) in [5.74, 6) is -0.117. The van der Waals surface area contributed by atoms with E-state index in [9.17, 15) is 4.79 Å². The number of hydrogen-bond donors (Lipinski definition) is 0. The van der Waals surface area contributed by atoms with Gasteiger partial charge in [0, 0.05) is 12.8 Å². The van der Waals surface area contributed by atoms with Gasteiger partial charge in [0.15, 0.2) is 5.69 Å². The molecule has 2 fully saturated rings. The quantitative estimate of drug-likeness (QED) is 0.853. The van der Waals surface area contributed by atoms with Gasteiger partial charge in [-0.15, -0.1) is 5.10 Å². The van der Waals surface area contributed by atoms with Crippen molar-refractivity contribution in [2.24, 2.45) is 0 Å². The molecule has 3 heterocycles. The first-order chi connectivity index (χ1) is 12.3. The first-order valence-electron chi connectivity index (χ1n) is 8.63. The number of amides is 1. The normalized spacial score (nSPS) is 25.6. The van der Waals surface area contributed by atoms with Crippen LogP contribution in [0.5, 0.6) is 0 Å². The number of likely N-dealkylation sites (tertiary alicyclic amines) is 1. The maximum atomic E-state index is 12.7. The van der Waals surface area contributed by atoms with Gasteiger partial charge in [-0.1, -0.05) is 30.3 Å². The Hall–Kier alpha value is -2.31. The van der Waals surface area contributed by atoms with Gasteiger partial charge in [0.25, 0.3) is 5.91 Å². The van der Waals surface area contributed by atoms with Crippen molar-refractivity contribution < 1.29 is 14.3 Å². The fourth-order valence-corrected chi connectivity index (χ4v) is 3.66. The molecular weight excluding hydrogens is 318 g/mol. The molecule has 0 aliphatic carbocycles. The number of hydrogen-bond acceptors (Lipinski definition) is 5. The summed E-state index contributed by atoms with van der Waals surface area (Å²) in [5.41, 5.74) is 1.08. The van der Waals surface area contributed by atoms with Crippen LogP contribution in [0, 0.1) is 0 Å². The predicted octanol–water partition coefficient (Wildman–Crippen LogP) is 2.07. The minimum Gasteiger partial charge on any atom is -0.370 e. The lowest BCUT2D eigenvalue weighted by atomic mass is 9.96. The van der Waals surface area contributed by atoms with Crippen LogP contribution in [0.15, 0.2) is 48.7 Å². The number of carbonyl (C=O) groups excluding carboxylic acids is 1. The minimum absolute atomic E-state index is 0.117. The summed E-state index contributed by atoms with van der Waals surface area (Å²) in [4.78, 5) is 14.5. The molecule has 4 rings (SSSR count). The van der Waals surface area contributed by atoms with Crippen molar-refractivity contribution >= 4 is 5.91 Å². The molecular formula is C19H21N3O3. The van der Waals surface area contributed by atoms with Crippen molar-refractivity contribution in [1.29, 1.82) is 0 Å². The molecule has 0 N–H and O–H groups in total. The van der Waals surface area contributed by atoms with Gasteiger partial charge < -0.3 is 14.4 Å². The molecule has 6 nitrogen and oxygen atoms in total. The molecule has 2 saturated heterocycles. The molecule has 0 saturated carbocycles. The highest BCUT2D eigenvalue weighted by atomic mass is 16.6. The minimum atomic E-state index is -0.396. The van der Waals surface area contributed by atoms with Gasteiger partial charge in [0.05, 0.1) is 19.7 Å². The Kier molecular flexibility index (Phi) is 4.46. The van der Waals surface area contributed by atoms with Crippen molar-refractivity contribution in [3.8, 4) is 0 Å². The Morgan fingerprint density at radius 3 is 2.88 bits per heavy atom. The van der Waals surface area contributed by atoms with Gasteiger partial charge in [-0.05, 0) is 30.5 Å². The van der Waals surface area contributed by atoms with E-state index in [1.165, 1.54) is 0 Å². The summed E-state index contributed by atoms with van der Waals surface area (Å²) in [5, 5.41) is 7.74. The highest BCUT2D eigenvalue weighted by Crippen LogP contribution is 2.37. The maximum Gasteiger partial charge on any atom is 0.274 e. The lowest BCUT2D eigenvalue weighted by Crippen LogP contribution is -2.42. The topological polar surface area (TPSA) is 64.6 Å². The first-order valence-corrected chi connectivity index (χ1v) is 8.63. The van der Waals surface area contributed by atoms with Crippen LogP contribution < -0.4 is 0 Å². The molecule has 0 radical (unpaired) electrons. The Morgan fingerprint density at radius 2 is 2.16 bits per heavy atom. The molecule has 6 heteroatoms. The summed E-state index contributed by atoms with van der Waals surface area (Å²) < 4.78 is 12.3. The average Bonchev–Trinajstić information content (AvgIpc) is 3.29. The van der Waals surface area contributed by atoms with Gasteiger partial charge in [-0.25, -0.2) is 0 Å². The fraction of sp³-hybridized carbons (Fsp3) is 0.421. The zero-order valence-corrected chi connectivity index (χ0v) is 14.0. The third-order valence-electron chi connectivity index (χ3n) is 4.94. The zero-order valence-electron chi connectivity index (χ0n) is 14.0. The fourth-order valence-electron chi connectivity index (χ4n) is 3.66. The Labute approximate surface area is 146 Å². The molecule has 2 atom stereocenters. The van der Waals surface area contributed by atoms with E-state index in [0.29, 0.717) is 25.4 Å². The summed E-state index contributed by atoms with van der Waals surface area (Å²) >= 11 is 0. The van der Waals surface area contributed by atoms with E-state index in [-0.39, 0.29) is 12.0 Å². The second-order valence-electron chi connectivity index (χ2n) is 6.60. The van der Waals surface area contributed by atoms with Gasteiger partial charge in [0.1, 0.15) is 11.7 Å². The van der Waals surface area contributed by atoms with Gasteiger partial charge in [0.2, 0.25) is 0 Å². The first kappa shape index (κ1) is 16.2. The van der Waals surface area contributed by atoms with E-state index in [1.54, 1.807) is 23.2 Å². The van der Waals surface area contributed by atoms with Crippen molar-refractivity contribution in [3.63, 3.8) is 0 Å². The number of ether oxygens (including phenoxy) is 2. The molecule has 2 aliphatic rings. The van der Waals surface area contributed by atoms with Gasteiger partial charge >= 0.3 is 0 Å². The average molecular weight is 339 g/mol. The van der Waals surface area contributed by atoms with Crippen molar-refractivity contribution in [2.75, 3.05) is 19.7 Å². The number of aromatic nitrogens is 2. The van der Waals surface area contributed by atoms with Crippen LogP contribution in [0.4, 0.5) is 0 Å². The Balaban J connectivity index is 1.49. The maximum absolute atomic E-state index is 12.7. The van der Waals surface area contributed by atoms with Gasteiger partial charge in [-0.2, -0.15) is 5.10 Å². The zero-order chi connectivity index (χ0) is 17.1. The predicted molar refractivity (Wildman–Crippen MR) is 90.9 cm³/mol. The molecule has 1 spiro atoms. The highest BCUT2D eigenvalue weighted by molar-refractivity contribution is 5.92. The summed E-state index contributed by atoms with van der Waals surface area (Å²) in [6.07, 6.45) is 3.35. The second-order valence-corrected chi connectivity index (χ2v) is 6.60. The third-order valence-corrected chi connectivity index (χ3v) is 4.94. The summed E-state index contributed by atoms with van der Waals surface area (Å²) in [6.45, 7) is 2.30. The summed E-state index contributed by atoms with van der Waals surface area (Å²) in [6, 6.07) is 13.5. The van der Waals surface area contributed by atoms with Gasteiger partial charge in [-0.3, -0.25) is 4.79 Å². The van der Waals surface area contributed by atoms with Crippen LogP contribution in [-0.2, 0) is 16.1 Å². The Bertz CT molecular complexity index is 717. The van der Waals surface area contributed by atoms with E-state index >= 15 is 0 Å². The molecule has 2 aromatic rings. The second kappa shape index (κ2) is 6.90. The standard InChI is InChI=1S/C19H21N3O3/c23-18(16-8-4-10-20-21-16)22-12-17(19(14-22)9-5-11-25-19)24-13-15-6-2-1-3-7-15/h1-4,6-8,10,17H,5,9,11-14H2/t17-,19-/m0/s1. The lowest BCUT2D eigenvalue weighted by Gasteiger charge is -2.28. The molecule has 0 bridgehead atoms. The van der Waals surface area contributed by atoms with Crippen LogP contribution in [0.3, 0.4) is 0 Å². The number of nitrogens with zero attached hydrogens (tertiary/aromatic N) is 3. The third kappa shape index (κ3) is 3.27. The van der Waals surface area contributed by atoms with E-state index in [1.807, 2.05) is 30.3 Å². The number of carbonyl (C=O) groups is 1. The van der Waals surface area contributed by atoms with Crippen molar-refractivity contribution in [3.05, 3.63) is 59.9 Å². The van der Waals surface area contributed by atoms with Crippen LogP contribution in [0.2, 0.25) is 0 Å². The lowest BCUT2D eigenvalue weighted by molar-refractivity contribution is -0.0959. The Morgan fingerprint density at radius 1 is 1.28 bits per heavy atom. The summed E-state index contributed by atoms with van der Waals surface area (Å²) in [7, 11) is 0. The van der Waals surface area contributed by atoms with E-state index in [0.717, 1.165) is 25.0 Å². The monoisotopic (exact) mass is 339 g/mol. The molecule has 2 aliphatic heterocycles. The molecule has 0 unspecified atom stereocenters. The molecule has 25 heavy (non-hydrogen) atoms. The van der Waals surface area contributed by atoms with Crippen LogP contribution >= 0.6 is 0 Å². The number of benzene rings is 1. The molecule has 1 amide bonds. The van der Waals surface area contributed by atoms with E-state index in [2.05, 4.69) is 10.2 Å². The molecule has 1 aromatic carbocycles. The van der Waals surface area contributed by atoms with Crippen LogP contribution in [-0.4, -0.2) is 52.4 Å². The van der Waals surface area contributed by atoms with E-state index < -0.39 is 5.60 Å². The van der Waals surface area contributed by atoms with Crippen LogP contribution in [0.1, 0.15) is 28.9 Å². The SMILES string of the molecule is O=C(c1cccnn1)N1C[C@H](OCc2ccccc2)[C@]2(CCCO2)C1. The highest BCUT2D eigenvalue weighted by Gasteiger charge is 2.52. The van der Waals surface area contributed by atoms with Crippen molar-refractivity contribution in [2.45, 2.75) is 31.2 Å². The van der Waals surface area contributed by atoms with Crippen LogP contribution in [0.25, 0.3) is 0 Å². The smallest absolute Gasteiger partial charge is 0.274 e. The molecule has 130 valence electrons. The molecule has 1 aromatic heterocycles. The number of rotatable bonds is 4. The van der Waals surface area contributed by atoms with Crippen molar-refractivity contribution in [1.82, 2.24) is 15.1 Å². The largest absolute Gasteiger partial charge is 0.370 e. The van der Waals surface area contributed by atoms with E-state index in [4.69, 9.17) is 9.47 Å².